The van der Waals surface area contributed by atoms with E-state index in [2.05, 4.69) is 17.4 Å². The molecule has 1 heterocycles. The maximum Gasteiger partial charge on any atom is 0.245 e. The van der Waals surface area contributed by atoms with Crippen molar-refractivity contribution in [2.24, 2.45) is 5.92 Å². The van der Waals surface area contributed by atoms with Gasteiger partial charge in [-0.3, -0.25) is 9.59 Å². The van der Waals surface area contributed by atoms with Gasteiger partial charge in [0.05, 0.1) is 6.54 Å². The van der Waals surface area contributed by atoms with E-state index < -0.39 is 0 Å². The van der Waals surface area contributed by atoms with E-state index in [-0.39, 0.29) is 30.3 Å². The van der Waals surface area contributed by atoms with Gasteiger partial charge in [-0.15, -0.1) is 11.8 Å². The molecule has 0 saturated carbocycles. The number of thioether (sulfide) groups is 1. The maximum absolute atomic E-state index is 12.4. The van der Waals surface area contributed by atoms with Crippen LogP contribution in [0.2, 0.25) is 0 Å². The molecule has 2 amide bonds. The van der Waals surface area contributed by atoms with Gasteiger partial charge in [0.15, 0.2) is 0 Å². The lowest BCUT2D eigenvalue weighted by Crippen LogP contribution is -2.60. The van der Waals surface area contributed by atoms with E-state index in [0.717, 1.165) is 12.2 Å². The molecular formula is C16H22N2O2S. The van der Waals surface area contributed by atoms with Gasteiger partial charge < -0.3 is 10.2 Å². The summed E-state index contributed by atoms with van der Waals surface area (Å²) >= 11 is 1.71. The van der Waals surface area contributed by atoms with Crippen LogP contribution in [0, 0.1) is 5.92 Å². The van der Waals surface area contributed by atoms with Crippen molar-refractivity contribution in [1.82, 2.24) is 10.2 Å². The Kier molecular flexibility index (Phi) is 5.67. The van der Waals surface area contributed by atoms with Crippen LogP contribution in [0.4, 0.5) is 0 Å². The zero-order chi connectivity index (χ0) is 15.2. The summed E-state index contributed by atoms with van der Waals surface area (Å²) in [7, 11) is 0. The molecule has 1 aliphatic rings. The lowest BCUT2D eigenvalue weighted by molar-refractivity contribution is -0.145. The Balaban J connectivity index is 1.89. The van der Waals surface area contributed by atoms with E-state index in [1.54, 1.807) is 16.7 Å². The third-order valence-corrected chi connectivity index (χ3v) is 4.81. The quantitative estimate of drug-likeness (QED) is 0.819. The van der Waals surface area contributed by atoms with Crippen molar-refractivity contribution in [1.29, 1.82) is 0 Å². The fraction of sp³-hybridized carbons (Fsp3) is 0.500. The first-order valence-corrected chi connectivity index (χ1v) is 8.36. The maximum atomic E-state index is 12.4. The lowest BCUT2D eigenvalue weighted by Gasteiger charge is -2.35. The second-order valence-electron chi connectivity index (χ2n) is 5.35. The molecule has 1 N–H and O–H groups in total. The fourth-order valence-electron chi connectivity index (χ4n) is 2.33. The van der Waals surface area contributed by atoms with Crippen molar-refractivity contribution < 1.29 is 9.59 Å². The van der Waals surface area contributed by atoms with Crippen LogP contribution in [-0.2, 0) is 9.59 Å². The van der Waals surface area contributed by atoms with Crippen LogP contribution >= 0.6 is 11.8 Å². The molecule has 1 saturated heterocycles. The van der Waals surface area contributed by atoms with Gasteiger partial charge in [-0.1, -0.05) is 38.5 Å². The monoisotopic (exact) mass is 306 g/mol. The fourth-order valence-corrected chi connectivity index (χ4v) is 3.23. The third kappa shape index (κ3) is 4.24. The van der Waals surface area contributed by atoms with Crippen molar-refractivity contribution in [2.45, 2.75) is 31.2 Å². The van der Waals surface area contributed by atoms with Crippen LogP contribution in [0.5, 0.6) is 0 Å². The Labute approximate surface area is 130 Å². The molecule has 0 spiro atoms. The smallest absolute Gasteiger partial charge is 0.245 e. The Morgan fingerprint density at radius 2 is 2.05 bits per heavy atom. The summed E-state index contributed by atoms with van der Waals surface area (Å²) in [4.78, 5) is 27.1. The first-order valence-electron chi connectivity index (χ1n) is 7.37. The van der Waals surface area contributed by atoms with Crippen LogP contribution in [0.25, 0.3) is 0 Å². The summed E-state index contributed by atoms with van der Waals surface area (Å²) in [6.45, 7) is 4.83. The molecule has 21 heavy (non-hydrogen) atoms. The van der Waals surface area contributed by atoms with E-state index >= 15 is 0 Å². The predicted molar refractivity (Wildman–Crippen MR) is 85.1 cm³/mol. The topological polar surface area (TPSA) is 49.4 Å². The summed E-state index contributed by atoms with van der Waals surface area (Å²) < 4.78 is 0. The lowest BCUT2D eigenvalue weighted by atomic mass is 9.96. The van der Waals surface area contributed by atoms with E-state index in [1.165, 1.54) is 4.90 Å². The molecule has 1 aliphatic heterocycles. The van der Waals surface area contributed by atoms with Crippen LogP contribution in [0.15, 0.2) is 35.2 Å². The molecule has 0 aromatic heterocycles. The number of benzene rings is 1. The first kappa shape index (κ1) is 15.9. The highest BCUT2D eigenvalue weighted by Crippen LogP contribution is 2.19. The number of amides is 2. The number of piperazine rings is 1. The Hall–Kier alpha value is -1.49. The third-order valence-electron chi connectivity index (χ3n) is 3.81. The average molecular weight is 306 g/mol. The minimum absolute atomic E-state index is 0.0513. The zero-order valence-electron chi connectivity index (χ0n) is 12.5. The molecule has 0 bridgehead atoms. The van der Waals surface area contributed by atoms with Crippen molar-refractivity contribution in [3.05, 3.63) is 30.3 Å². The largest absolute Gasteiger partial charge is 0.342 e. The number of carbonyl (C=O) groups is 2. The summed E-state index contributed by atoms with van der Waals surface area (Å²) in [5.41, 5.74) is 0. The Morgan fingerprint density at radius 1 is 1.33 bits per heavy atom. The van der Waals surface area contributed by atoms with Crippen molar-refractivity contribution >= 4 is 23.6 Å². The molecule has 2 atom stereocenters. The van der Waals surface area contributed by atoms with E-state index in [1.807, 2.05) is 32.0 Å². The van der Waals surface area contributed by atoms with Gasteiger partial charge in [-0.2, -0.15) is 0 Å². The van der Waals surface area contributed by atoms with Crippen molar-refractivity contribution in [3.8, 4) is 0 Å². The molecule has 1 aromatic rings. The van der Waals surface area contributed by atoms with Crippen molar-refractivity contribution in [2.75, 3.05) is 18.8 Å². The van der Waals surface area contributed by atoms with Crippen LogP contribution in [0.1, 0.15) is 20.3 Å². The number of carbonyl (C=O) groups excluding carboxylic acids is 2. The van der Waals surface area contributed by atoms with E-state index in [0.29, 0.717) is 6.54 Å². The Bertz CT molecular complexity index is 492. The molecule has 5 heteroatoms. The molecule has 1 aromatic carbocycles. The van der Waals surface area contributed by atoms with E-state index in [4.69, 9.17) is 0 Å². The van der Waals surface area contributed by atoms with Crippen molar-refractivity contribution in [3.63, 3.8) is 0 Å². The normalized spacial score (nSPS) is 20.3. The van der Waals surface area contributed by atoms with Gasteiger partial charge in [-0.25, -0.2) is 0 Å². The molecule has 0 aliphatic carbocycles. The predicted octanol–water partition coefficient (Wildman–Crippen LogP) is 2.15. The van der Waals surface area contributed by atoms with Crippen LogP contribution in [0.3, 0.4) is 0 Å². The zero-order valence-corrected chi connectivity index (χ0v) is 13.4. The molecule has 0 radical (unpaired) electrons. The number of nitrogens with zero attached hydrogens (tertiary/aromatic N) is 1. The van der Waals surface area contributed by atoms with Gasteiger partial charge >= 0.3 is 0 Å². The number of hydrogen-bond donors (Lipinski definition) is 1. The number of hydrogen-bond acceptors (Lipinski definition) is 3. The average Bonchev–Trinajstić information content (AvgIpc) is 2.50. The Morgan fingerprint density at radius 3 is 2.71 bits per heavy atom. The van der Waals surface area contributed by atoms with Gasteiger partial charge in [0.1, 0.15) is 6.04 Å². The highest BCUT2D eigenvalue weighted by Gasteiger charge is 2.34. The molecule has 2 unspecified atom stereocenters. The second-order valence-corrected chi connectivity index (χ2v) is 6.52. The van der Waals surface area contributed by atoms with Gasteiger partial charge in [-0.05, 0) is 18.1 Å². The summed E-state index contributed by atoms with van der Waals surface area (Å²) in [6, 6.07) is 9.73. The van der Waals surface area contributed by atoms with E-state index in [9.17, 15) is 9.59 Å². The minimum Gasteiger partial charge on any atom is -0.342 e. The second kappa shape index (κ2) is 7.50. The SMILES string of the molecule is CCC(C)C1NC(=O)CN(CCSc2ccccc2)C1=O. The van der Waals surface area contributed by atoms with Gasteiger partial charge in [0, 0.05) is 17.2 Å². The number of nitrogens with one attached hydrogen (secondary N) is 1. The van der Waals surface area contributed by atoms with Crippen LogP contribution < -0.4 is 5.32 Å². The molecule has 1 fully saturated rings. The molecule has 4 nitrogen and oxygen atoms in total. The molecule has 114 valence electrons. The number of rotatable bonds is 6. The summed E-state index contributed by atoms with van der Waals surface area (Å²) in [6.07, 6.45) is 0.878. The molecular weight excluding hydrogens is 284 g/mol. The first-order chi connectivity index (χ1) is 10.1. The molecule has 2 rings (SSSR count). The standard InChI is InChI=1S/C16H22N2O2S/c1-3-12(2)15-16(20)18(11-14(19)17-15)9-10-21-13-7-5-4-6-8-13/h4-8,12,15H,3,9-11H2,1-2H3,(H,17,19). The van der Waals surface area contributed by atoms with Crippen LogP contribution in [-0.4, -0.2) is 41.6 Å². The summed E-state index contributed by atoms with van der Waals surface area (Å²) in [5, 5.41) is 2.82. The highest BCUT2D eigenvalue weighted by molar-refractivity contribution is 7.99. The summed E-state index contributed by atoms with van der Waals surface area (Å²) in [5.74, 6) is 0.976. The van der Waals surface area contributed by atoms with Gasteiger partial charge in [0.2, 0.25) is 11.8 Å². The minimum atomic E-state index is -0.363. The van der Waals surface area contributed by atoms with Gasteiger partial charge in [0.25, 0.3) is 0 Å². The highest BCUT2D eigenvalue weighted by atomic mass is 32.2.